The molecule has 2 amide bonds. The van der Waals surface area contributed by atoms with Crippen LogP contribution in [0.15, 0.2) is 24.4 Å². The van der Waals surface area contributed by atoms with E-state index in [1.54, 1.807) is 6.20 Å². The van der Waals surface area contributed by atoms with Gasteiger partial charge in [0.2, 0.25) is 0 Å². The summed E-state index contributed by atoms with van der Waals surface area (Å²) < 4.78 is 11.0. The Morgan fingerprint density at radius 1 is 1.24 bits per heavy atom. The molecule has 0 aliphatic carbocycles. The Labute approximate surface area is 149 Å². The summed E-state index contributed by atoms with van der Waals surface area (Å²) in [5.74, 6) is 0.479. The van der Waals surface area contributed by atoms with Crippen molar-refractivity contribution in [2.45, 2.75) is 18.9 Å². The number of aromatic nitrogens is 1. The summed E-state index contributed by atoms with van der Waals surface area (Å²) in [4.78, 5) is 18.8. The number of hydrogen-bond donors (Lipinski definition) is 2. The van der Waals surface area contributed by atoms with Crippen molar-refractivity contribution in [2.75, 3.05) is 52.6 Å². The maximum atomic E-state index is 12.1. The second-order valence-electron chi connectivity index (χ2n) is 6.55. The van der Waals surface area contributed by atoms with Gasteiger partial charge in [-0.2, -0.15) is 0 Å². The highest BCUT2D eigenvalue weighted by Gasteiger charge is 2.31. The third-order valence-corrected chi connectivity index (χ3v) is 4.89. The third kappa shape index (κ3) is 5.66. The van der Waals surface area contributed by atoms with Crippen LogP contribution < -0.4 is 10.6 Å². The highest BCUT2D eigenvalue weighted by atomic mass is 16.5. The van der Waals surface area contributed by atoms with E-state index in [4.69, 9.17) is 9.47 Å². The minimum absolute atomic E-state index is 0.117. The summed E-state index contributed by atoms with van der Waals surface area (Å²) in [6.07, 6.45) is 3.56. The zero-order chi connectivity index (χ0) is 17.3. The van der Waals surface area contributed by atoms with Crippen molar-refractivity contribution < 1.29 is 14.3 Å². The molecule has 0 bridgehead atoms. The monoisotopic (exact) mass is 348 g/mol. The van der Waals surface area contributed by atoms with E-state index in [1.165, 1.54) is 0 Å². The number of nitrogens with zero attached hydrogens (tertiary/aromatic N) is 2. The van der Waals surface area contributed by atoms with Crippen LogP contribution in [0.1, 0.15) is 12.1 Å². The van der Waals surface area contributed by atoms with E-state index in [0.29, 0.717) is 25.0 Å². The molecule has 1 aromatic heterocycles. The van der Waals surface area contributed by atoms with E-state index in [1.807, 2.05) is 18.2 Å². The lowest BCUT2D eigenvalue weighted by molar-refractivity contribution is 0.00213. The van der Waals surface area contributed by atoms with Crippen LogP contribution >= 0.6 is 0 Å². The molecule has 138 valence electrons. The van der Waals surface area contributed by atoms with Gasteiger partial charge in [0.25, 0.3) is 0 Å². The van der Waals surface area contributed by atoms with Gasteiger partial charge in [-0.05, 0) is 18.6 Å². The molecule has 0 unspecified atom stereocenters. The van der Waals surface area contributed by atoms with Gasteiger partial charge in [-0.1, -0.05) is 6.07 Å². The molecule has 2 fully saturated rings. The molecule has 2 N–H and O–H groups in total. The first-order chi connectivity index (χ1) is 12.3. The first-order valence-electron chi connectivity index (χ1n) is 9.14. The van der Waals surface area contributed by atoms with Crippen molar-refractivity contribution in [3.05, 3.63) is 30.1 Å². The van der Waals surface area contributed by atoms with Crippen LogP contribution in [0.5, 0.6) is 0 Å². The average Bonchev–Trinajstić information content (AvgIpc) is 3.18. The van der Waals surface area contributed by atoms with E-state index in [-0.39, 0.29) is 6.03 Å². The van der Waals surface area contributed by atoms with E-state index in [0.717, 1.165) is 58.1 Å². The van der Waals surface area contributed by atoms with Crippen LogP contribution in [0.2, 0.25) is 0 Å². The Hall–Kier alpha value is -1.70. The van der Waals surface area contributed by atoms with Gasteiger partial charge in [-0.3, -0.25) is 9.88 Å². The number of urea groups is 1. The van der Waals surface area contributed by atoms with Gasteiger partial charge in [0.1, 0.15) is 0 Å². The van der Waals surface area contributed by atoms with Crippen molar-refractivity contribution in [3.8, 4) is 0 Å². The number of ether oxygens (including phenoxy) is 2. The van der Waals surface area contributed by atoms with Crippen molar-refractivity contribution >= 4 is 6.03 Å². The zero-order valence-corrected chi connectivity index (χ0v) is 14.7. The number of amides is 2. The summed E-state index contributed by atoms with van der Waals surface area (Å²) in [5, 5.41) is 5.95. The second-order valence-corrected chi connectivity index (χ2v) is 6.55. The molecule has 2 aliphatic heterocycles. The predicted octanol–water partition coefficient (Wildman–Crippen LogP) is 0.661. The average molecular weight is 348 g/mol. The first kappa shape index (κ1) is 18.1. The SMILES string of the molecule is O=C(NCCc1ccccn1)NC[C@H]([C@H]1CCOC1)N1CCOCC1. The Balaban J connectivity index is 1.42. The summed E-state index contributed by atoms with van der Waals surface area (Å²) in [6.45, 7) is 6.20. The fourth-order valence-corrected chi connectivity index (χ4v) is 3.47. The number of morpholine rings is 1. The molecule has 25 heavy (non-hydrogen) atoms. The van der Waals surface area contributed by atoms with Crippen LogP contribution in [0, 0.1) is 5.92 Å². The van der Waals surface area contributed by atoms with Gasteiger partial charge in [0.15, 0.2) is 0 Å². The van der Waals surface area contributed by atoms with Crippen LogP contribution in [0.25, 0.3) is 0 Å². The molecule has 0 radical (unpaired) electrons. The Kier molecular flexibility index (Phi) is 7.02. The van der Waals surface area contributed by atoms with E-state index < -0.39 is 0 Å². The van der Waals surface area contributed by atoms with Crippen molar-refractivity contribution in [2.24, 2.45) is 5.92 Å². The molecule has 1 aromatic rings. The van der Waals surface area contributed by atoms with Gasteiger partial charge in [0, 0.05) is 63.1 Å². The highest BCUT2D eigenvalue weighted by Crippen LogP contribution is 2.21. The van der Waals surface area contributed by atoms with E-state index in [9.17, 15) is 4.79 Å². The Bertz CT molecular complexity index is 516. The second kappa shape index (κ2) is 9.70. The molecule has 7 heteroatoms. The molecule has 0 saturated carbocycles. The molecular formula is C18H28N4O3. The van der Waals surface area contributed by atoms with Gasteiger partial charge < -0.3 is 20.1 Å². The maximum absolute atomic E-state index is 12.1. The molecule has 3 heterocycles. The fourth-order valence-electron chi connectivity index (χ4n) is 3.47. The van der Waals surface area contributed by atoms with Crippen LogP contribution in [0.3, 0.4) is 0 Å². The lowest BCUT2D eigenvalue weighted by atomic mass is 9.97. The summed E-state index contributed by atoms with van der Waals surface area (Å²) in [7, 11) is 0. The standard InChI is InChI=1S/C18H28N4O3/c23-18(20-7-4-16-3-1-2-6-19-16)21-13-17(15-5-10-25-14-15)22-8-11-24-12-9-22/h1-3,6,15,17H,4-5,7-14H2,(H2,20,21,23)/t15-,17+/m0/s1. The number of pyridine rings is 1. The molecule has 3 rings (SSSR count). The number of hydrogen-bond acceptors (Lipinski definition) is 5. The van der Waals surface area contributed by atoms with Crippen LogP contribution in [-0.2, 0) is 15.9 Å². The minimum Gasteiger partial charge on any atom is -0.381 e. The third-order valence-electron chi connectivity index (χ3n) is 4.89. The lowest BCUT2D eigenvalue weighted by Gasteiger charge is -2.37. The van der Waals surface area contributed by atoms with Crippen LogP contribution in [0.4, 0.5) is 4.79 Å². The van der Waals surface area contributed by atoms with Gasteiger partial charge >= 0.3 is 6.03 Å². The van der Waals surface area contributed by atoms with E-state index >= 15 is 0 Å². The molecule has 7 nitrogen and oxygen atoms in total. The van der Waals surface area contributed by atoms with E-state index in [2.05, 4.69) is 20.5 Å². The fraction of sp³-hybridized carbons (Fsp3) is 0.667. The van der Waals surface area contributed by atoms with Crippen molar-refractivity contribution in [3.63, 3.8) is 0 Å². The number of nitrogens with one attached hydrogen (secondary N) is 2. The highest BCUT2D eigenvalue weighted by molar-refractivity contribution is 5.73. The first-order valence-corrected chi connectivity index (χ1v) is 9.14. The minimum atomic E-state index is -0.117. The van der Waals surface area contributed by atoms with Gasteiger partial charge in [-0.15, -0.1) is 0 Å². The Morgan fingerprint density at radius 3 is 2.84 bits per heavy atom. The summed E-state index contributed by atoms with van der Waals surface area (Å²) in [5.41, 5.74) is 0.983. The quantitative estimate of drug-likeness (QED) is 0.757. The van der Waals surface area contributed by atoms with Gasteiger partial charge in [-0.25, -0.2) is 4.79 Å². The number of rotatable bonds is 7. The largest absolute Gasteiger partial charge is 0.381 e. The molecular weight excluding hydrogens is 320 g/mol. The maximum Gasteiger partial charge on any atom is 0.314 e. The predicted molar refractivity (Wildman–Crippen MR) is 94.4 cm³/mol. The summed E-state index contributed by atoms with van der Waals surface area (Å²) >= 11 is 0. The molecule has 2 aliphatic rings. The Morgan fingerprint density at radius 2 is 2.12 bits per heavy atom. The van der Waals surface area contributed by atoms with Crippen LogP contribution in [-0.4, -0.2) is 74.6 Å². The number of carbonyl (C=O) groups is 1. The molecule has 2 atom stereocenters. The topological polar surface area (TPSA) is 75.7 Å². The normalized spacial score (nSPS) is 22.5. The lowest BCUT2D eigenvalue weighted by Crippen LogP contribution is -2.53. The molecule has 2 saturated heterocycles. The summed E-state index contributed by atoms with van der Waals surface area (Å²) in [6, 6.07) is 6.01. The molecule has 0 aromatic carbocycles. The van der Waals surface area contributed by atoms with Gasteiger partial charge in [0.05, 0.1) is 19.8 Å². The zero-order valence-electron chi connectivity index (χ0n) is 14.7. The molecule has 0 spiro atoms. The smallest absolute Gasteiger partial charge is 0.314 e. The van der Waals surface area contributed by atoms with Crippen molar-refractivity contribution in [1.29, 1.82) is 0 Å². The number of carbonyl (C=O) groups excluding carboxylic acids is 1. The van der Waals surface area contributed by atoms with Crippen molar-refractivity contribution in [1.82, 2.24) is 20.5 Å².